The van der Waals surface area contributed by atoms with E-state index in [2.05, 4.69) is 9.89 Å². The van der Waals surface area contributed by atoms with Crippen LogP contribution in [0.1, 0.15) is 46.5 Å². The summed E-state index contributed by atoms with van der Waals surface area (Å²) in [6.45, 7) is 8.32. The van der Waals surface area contributed by atoms with Gasteiger partial charge >= 0.3 is 0 Å². The molecule has 0 aromatic carbocycles. The number of thioether (sulfide) groups is 1. The van der Waals surface area contributed by atoms with E-state index in [-0.39, 0.29) is 22.5 Å². The van der Waals surface area contributed by atoms with Crippen LogP contribution in [0.5, 0.6) is 0 Å². The van der Waals surface area contributed by atoms with Crippen molar-refractivity contribution in [3.63, 3.8) is 0 Å². The van der Waals surface area contributed by atoms with Crippen LogP contribution < -0.4 is 5.73 Å². The van der Waals surface area contributed by atoms with Crippen LogP contribution in [0.15, 0.2) is 4.99 Å². The Hall–Kier alpha value is -0.920. The first-order valence-corrected chi connectivity index (χ1v) is 9.09. The van der Waals surface area contributed by atoms with Crippen molar-refractivity contribution in [3.8, 4) is 0 Å². The molecular formula is C16H28N4O2S. The third-order valence-corrected chi connectivity index (χ3v) is 5.46. The van der Waals surface area contributed by atoms with Gasteiger partial charge in [-0.25, -0.2) is 0 Å². The average molecular weight is 340 g/mol. The fourth-order valence-corrected chi connectivity index (χ4v) is 3.62. The van der Waals surface area contributed by atoms with Gasteiger partial charge in [-0.05, 0) is 44.0 Å². The number of amidine groups is 1. The van der Waals surface area contributed by atoms with E-state index in [0.29, 0.717) is 11.1 Å². The van der Waals surface area contributed by atoms with Crippen molar-refractivity contribution >= 4 is 27.9 Å². The molecule has 0 spiro atoms. The summed E-state index contributed by atoms with van der Waals surface area (Å²) in [5.41, 5.74) is 5.59. The smallest absolute Gasteiger partial charge is 0.265 e. The Labute approximate surface area is 142 Å². The molecule has 2 heterocycles. The van der Waals surface area contributed by atoms with Gasteiger partial charge in [0.2, 0.25) is 0 Å². The summed E-state index contributed by atoms with van der Waals surface area (Å²) in [6, 6.07) is 0.248. The van der Waals surface area contributed by atoms with Crippen molar-refractivity contribution in [1.82, 2.24) is 4.90 Å². The van der Waals surface area contributed by atoms with Crippen LogP contribution in [0.2, 0.25) is 0 Å². The van der Waals surface area contributed by atoms with E-state index in [0.717, 1.165) is 57.2 Å². The molecule has 2 rings (SSSR count). The number of nitrogens with two attached hydrogens (primary N) is 1. The highest BCUT2D eigenvalue weighted by Gasteiger charge is 2.36. The molecule has 7 heteroatoms. The maximum Gasteiger partial charge on any atom is 0.265 e. The number of ether oxygens (including phenoxy) is 1. The Morgan fingerprint density at radius 1 is 1.30 bits per heavy atom. The normalized spacial score (nSPS) is 24.8. The zero-order chi connectivity index (χ0) is 17.0. The molecule has 0 aromatic rings. The van der Waals surface area contributed by atoms with Crippen molar-refractivity contribution in [1.29, 1.82) is 5.41 Å². The zero-order valence-corrected chi connectivity index (χ0v) is 15.1. The summed E-state index contributed by atoms with van der Waals surface area (Å²) < 4.78 is 5.41. The van der Waals surface area contributed by atoms with Crippen LogP contribution in [0.3, 0.4) is 0 Å². The monoisotopic (exact) mass is 340 g/mol. The van der Waals surface area contributed by atoms with Crippen molar-refractivity contribution in [3.05, 3.63) is 0 Å². The number of nitrogens with zero attached hydrogens (tertiary/aromatic N) is 2. The van der Waals surface area contributed by atoms with Gasteiger partial charge in [-0.3, -0.25) is 15.1 Å². The van der Waals surface area contributed by atoms with E-state index in [1.54, 1.807) is 0 Å². The molecule has 1 unspecified atom stereocenters. The first-order chi connectivity index (χ1) is 10.8. The van der Waals surface area contributed by atoms with E-state index in [1.807, 2.05) is 20.8 Å². The van der Waals surface area contributed by atoms with Gasteiger partial charge in [0.25, 0.3) is 5.91 Å². The fourth-order valence-electron chi connectivity index (χ4n) is 2.97. The first kappa shape index (κ1) is 18.4. The minimum atomic E-state index is -0.282. The number of aliphatic imine (C=N–C) groups is 1. The van der Waals surface area contributed by atoms with Gasteiger partial charge in [0, 0.05) is 24.7 Å². The number of carbonyl (C=O) groups is 1. The summed E-state index contributed by atoms with van der Waals surface area (Å²) in [4.78, 5) is 18.9. The van der Waals surface area contributed by atoms with Crippen LogP contribution in [-0.4, -0.2) is 52.9 Å². The predicted molar refractivity (Wildman–Crippen MR) is 95.0 cm³/mol. The van der Waals surface area contributed by atoms with E-state index < -0.39 is 0 Å². The highest BCUT2D eigenvalue weighted by molar-refractivity contribution is 8.26. The molecule has 0 bridgehead atoms. The van der Waals surface area contributed by atoms with Gasteiger partial charge in [0.15, 0.2) is 5.17 Å². The Morgan fingerprint density at radius 2 is 1.96 bits per heavy atom. The Kier molecular flexibility index (Phi) is 6.22. The number of likely N-dealkylation sites (tertiary alicyclic amines) is 1. The SMILES string of the molecule is CC(C)(C)C(=N)SC(N)=NC(=O)C1CCCN1C1CCOCC1. The van der Waals surface area contributed by atoms with Crippen molar-refractivity contribution in [2.45, 2.75) is 58.5 Å². The number of amides is 1. The number of rotatable bonds is 2. The summed E-state index contributed by atoms with van der Waals surface area (Å²) in [5, 5.41) is 8.58. The molecule has 2 saturated heterocycles. The summed E-state index contributed by atoms with van der Waals surface area (Å²) in [7, 11) is 0. The lowest BCUT2D eigenvalue weighted by molar-refractivity contribution is -0.123. The predicted octanol–water partition coefficient (Wildman–Crippen LogP) is 2.23. The Morgan fingerprint density at radius 3 is 2.57 bits per heavy atom. The first-order valence-electron chi connectivity index (χ1n) is 8.27. The second-order valence-electron chi connectivity index (χ2n) is 7.21. The lowest BCUT2D eigenvalue weighted by Crippen LogP contribution is -2.45. The Bertz CT molecular complexity index is 481. The fraction of sp³-hybridized carbons (Fsp3) is 0.812. The highest BCUT2D eigenvalue weighted by Crippen LogP contribution is 2.27. The molecule has 0 radical (unpaired) electrons. The van der Waals surface area contributed by atoms with E-state index in [4.69, 9.17) is 15.9 Å². The summed E-state index contributed by atoms with van der Waals surface area (Å²) in [6.07, 6.45) is 3.82. The van der Waals surface area contributed by atoms with Crippen LogP contribution in [-0.2, 0) is 9.53 Å². The standard InChI is InChI=1S/C16H28N4O2S/c1-16(2,3)14(17)23-15(18)19-13(21)12-5-4-8-20(12)11-6-9-22-10-7-11/h11-12,17H,4-10H2,1-3H3,(H2,18,19,21). The van der Waals surface area contributed by atoms with Crippen molar-refractivity contribution in [2.75, 3.05) is 19.8 Å². The highest BCUT2D eigenvalue weighted by atomic mass is 32.2. The molecule has 1 atom stereocenters. The average Bonchev–Trinajstić information content (AvgIpc) is 2.96. The molecule has 2 aliphatic heterocycles. The number of hydrogen-bond donors (Lipinski definition) is 2. The zero-order valence-electron chi connectivity index (χ0n) is 14.3. The van der Waals surface area contributed by atoms with Crippen LogP contribution >= 0.6 is 11.8 Å². The molecule has 2 aliphatic rings. The second kappa shape index (κ2) is 7.77. The number of carbonyl (C=O) groups excluding carboxylic acids is 1. The molecule has 6 nitrogen and oxygen atoms in total. The lowest BCUT2D eigenvalue weighted by Gasteiger charge is -2.34. The van der Waals surface area contributed by atoms with E-state index in [1.165, 1.54) is 0 Å². The molecular weight excluding hydrogens is 312 g/mol. The van der Waals surface area contributed by atoms with Gasteiger partial charge in [0.1, 0.15) is 0 Å². The van der Waals surface area contributed by atoms with Gasteiger partial charge in [-0.15, -0.1) is 0 Å². The largest absolute Gasteiger partial charge is 0.381 e. The second-order valence-corrected chi connectivity index (χ2v) is 8.24. The lowest BCUT2D eigenvalue weighted by atomic mass is 9.99. The number of nitrogens with one attached hydrogen (secondary N) is 1. The van der Waals surface area contributed by atoms with Gasteiger partial charge in [0.05, 0.1) is 11.1 Å². The van der Waals surface area contributed by atoms with E-state index >= 15 is 0 Å². The quantitative estimate of drug-likeness (QED) is 0.594. The van der Waals surface area contributed by atoms with Crippen LogP contribution in [0, 0.1) is 10.8 Å². The third kappa shape index (κ3) is 5.02. The van der Waals surface area contributed by atoms with Crippen molar-refractivity contribution in [2.24, 2.45) is 16.1 Å². The maximum absolute atomic E-state index is 12.5. The molecule has 0 saturated carbocycles. The van der Waals surface area contributed by atoms with Crippen LogP contribution in [0.25, 0.3) is 0 Å². The minimum absolute atomic E-state index is 0.166. The van der Waals surface area contributed by atoms with E-state index in [9.17, 15) is 4.79 Å². The Balaban J connectivity index is 1.98. The summed E-state index contributed by atoms with van der Waals surface area (Å²) in [5.74, 6) is -0.166. The summed E-state index contributed by atoms with van der Waals surface area (Å²) >= 11 is 1.08. The van der Waals surface area contributed by atoms with Gasteiger partial charge in [-0.2, -0.15) is 4.99 Å². The maximum atomic E-state index is 12.5. The minimum Gasteiger partial charge on any atom is -0.381 e. The topological polar surface area (TPSA) is 91.8 Å². The van der Waals surface area contributed by atoms with Crippen LogP contribution in [0.4, 0.5) is 0 Å². The molecule has 1 amide bonds. The molecule has 23 heavy (non-hydrogen) atoms. The molecule has 2 fully saturated rings. The van der Waals surface area contributed by atoms with Crippen molar-refractivity contribution < 1.29 is 9.53 Å². The molecule has 3 N–H and O–H groups in total. The molecule has 0 aromatic heterocycles. The number of hydrogen-bond acceptors (Lipinski definition) is 5. The molecule has 130 valence electrons. The third-order valence-electron chi connectivity index (χ3n) is 4.35. The van der Waals surface area contributed by atoms with Gasteiger partial charge < -0.3 is 10.5 Å². The van der Waals surface area contributed by atoms with Gasteiger partial charge in [-0.1, -0.05) is 20.8 Å². The molecule has 0 aliphatic carbocycles.